The maximum atomic E-state index is 5.62. The molecular formula is C12H18OSi. The van der Waals surface area contributed by atoms with E-state index in [9.17, 15) is 0 Å². The Hall–Kier alpha value is -1.02. The van der Waals surface area contributed by atoms with Crippen LogP contribution < -0.4 is 0 Å². The van der Waals surface area contributed by atoms with Crippen molar-refractivity contribution in [1.29, 1.82) is 0 Å². The van der Waals surface area contributed by atoms with Crippen LogP contribution in [0.25, 0.3) is 6.08 Å². The van der Waals surface area contributed by atoms with Crippen molar-refractivity contribution in [3.8, 4) is 0 Å². The molecule has 1 rings (SSSR count). The van der Waals surface area contributed by atoms with E-state index in [-0.39, 0.29) is 0 Å². The summed E-state index contributed by atoms with van der Waals surface area (Å²) in [5.74, 6) is 0. The zero-order chi connectivity index (χ0) is 10.6. The van der Waals surface area contributed by atoms with Crippen molar-refractivity contribution in [1.82, 2.24) is 0 Å². The minimum Gasteiger partial charge on any atom is -0.550 e. The molecule has 0 spiro atoms. The van der Waals surface area contributed by atoms with Gasteiger partial charge in [-0.3, -0.25) is 0 Å². The lowest BCUT2D eigenvalue weighted by Crippen LogP contribution is -2.21. The van der Waals surface area contributed by atoms with Crippen LogP contribution in [-0.2, 0) is 4.43 Å². The second-order valence-electron chi connectivity index (χ2n) is 4.44. The first kappa shape index (κ1) is 11.1. The van der Waals surface area contributed by atoms with Gasteiger partial charge >= 0.3 is 0 Å². The van der Waals surface area contributed by atoms with Gasteiger partial charge in [0.05, 0.1) is 6.26 Å². The lowest BCUT2D eigenvalue weighted by molar-refractivity contribution is 0.483. The summed E-state index contributed by atoms with van der Waals surface area (Å²) in [6.07, 6.45) is 3.83. The van der Waals surface area contributed by atoms with Crippen LogP contribution in [0.2, 0.25) is 19.6 Å². The van der Waals surface area contributed by atoms with Crippen LogP contribution in [0, 0.1) is 6.92 Å². The zero-order valence-electron chi connectivity index (χ0n) is 9.37. The molecule has 0 amide bonds. The molecule has 0 saturated carbocycles. The Morgan fingerprint density at radius 1 is 1.07 bits per heavy atom. The van der Waals surface area contributed by atoms with E-state index in [2.05, 4.69) is 50.8 Å². The number of aryl methyl sites for hydroxylation is 1. The predicted molar refractivity (Wildman–Crippen MR) is 64.6 cm³/mol. The Labute approximate surface area is 87.5 Å². The normalized spacial score (nSPS) is 12.0. The summed E-state index contributed by atoms with van der Waals surface area (Å²) in [7, 11) is -1.41. The standard InChI is InChI=1S/C12H18OSi/c1-11-5-7-12(8-6-11)9-10-13-14(2,3)4/h5-10H,1-4H3. The molecule has 1 nitrogen and oxygen atoms in total. The maximum absolute atomic E-state index is 5.62. The first-order chi connectivity index (χ1) is 6.47. The second-order valence-corrected chi connectivity index (χ2v) is 8.90. The van der Waals surface area contributed by atoms with Crippen LogP contribution >= 0.6 is 0 Å². The molecule has 1 aromatic carbocycles. The highest BCUT2D eigenvalue weighted by atomic mass is 28.4. The minimum absolute atomic E-state index is 1.19. The Morgan fingerprint density at radius 2 is 1.64 bits per heavy atom. The minimum atomic E-state index is -1.41. The van der Waals surface area contributed by atoms with Gasteiger partial charge in [-0.15, -0.1) is 0 Å². The Bertz CT molecular complexity index is 306. The molecule has 2 heteroatoms. The van der Waals surface area contributed by atoms with E-state index in [0.717, 1.165) is 0 Å². The molecule has 76 valence electrons. The summed E-state index contributed by atoms with van der Waals surface area (Å²) in [4.78, 5) is 0. The molecule has 0 fully saturated rings. The van der Waals surface area contributed by atoms with Crippen LogP contribution in [0.4, 0.5) is 0 Å². The molecule has 0 bridgehead atoms. The van der Waals surface area contributed by atoms with Gasteiger partial charge in [-0.05, 0) is 38.2 Å². The molecule has 0 unspecified atom stereocenters. The Kier molecular flexibility index (Phi) is 3.53. The monoisotopic (exact) mass is 206 g/mol. The van der Waals surface area contributed by atoms with Gasteiger partial charge in [0.1, 0.15) is 0 Å². The van der Waals surface area contributed by atoms with Gasteiger partial charge in [0.2, 0.25) is 8.32 Å². The lowest BCUT2D eigenvalue weighted by atomic mass is 10.1. The van der Waals surface area contributed by atoms with Gasteiger partial charge in [0.15, 0.2) is 0 Å². The van der Waals surface area contributed by atoms with E-state index < -0.39 is 8.32 Å². The van der Waals surface area contributed by atoms with Crippen molar-refractivity contribution < 1.29 is 4.43 Å². The third kappa shape index (κ3) is 4.28. The predicted octanol–water partition coefficient (Wildman–Crippen LogP) is 3.82. The highest BCUT2D eigenvalue weighted by Crippen LogP contribution is 2.08. The molecule has 0 radical (unpaired) electrons. The van der Waals surface area contributed by atoms with Crippen LogP contribution in [-0.4, -0.2) is 8.32 Å². The van der Waals surface area contributed by atoms with Crippen LogP contribution in [0.3, 0.4) is 0 Å². The third-order valence-corrected chi connectivity index (χ3v) is 2.60. The fraction of sp³-hybridized carbons (Fsp3) is 0.333. The first-order valence-corrected chi connectivity index (χ1v) is 8.29. The van der Waals surface area contributed by atoms with Crippen molar-refractivity contribution >= 4 is 14.4 Å². The molecule has 0 aromatic heterocycles. The summed E-state index contributed by atoms with van der Waals surface area (Å²) >= 11 is 0. The zero-order valence-corrected chi connectivity index (χ0v) is 10.4. The van der Waals surface area contributed by atoms with Crippen LogP contribution in [0.15, 0.2) is 30.5 Å². The number of hydrogen-bond donors (Lipinski definition) is 0. The highest BCUT2D eigenvalue weighted by Gasteiger charge is 2.12. The summed E-state index contributed by atoms with van der Waals surface area (Å²) in [5, 5.41) is 0. The van der Waals surface area contributed by atoms with Gasteiger partial charge in [-0.1, -0.05) is 29.8 Å². The van der Waals surface area contributed by atoms with Crippen molar-refractivity contribution in [3.05, 3.63) is 41.7 Å². The van der Waals surface area contributed by atoms with Crippen LogP contribution in [0.1, 0.15) is 11.1 Å². The largest absolute Gasteiger partial charge is 0.550 e. The van der Waals surface area contributed by atoms with E-state index >= 15 is 0 Å². The molecule has 0 atom stereocenters. The summed E-state index contributed by atoms with van der Waals surface area (Å²) in [6, 6.07) is 8.40. The fourth-order valence-electron chi connectivity index (χ4n) is 0.994. The van der Waals surface area contributed by atoms with Crippen molar-refractivity contribution in [2.24, 2.45) is 0 Å². The van der Waals surface area contributed by atoms with Crippen LogP contribution in [0.5, 0.6) is 0 Å². The van der Waals surface area contributed by atoms with Gasteiger partial charge in [0, 0.05) is 0 Å². The number of benzene rings is 1. The average molecular weight is 206 g/mol. The number of hydrogen-bond acceptors (Lipinski definition) is 1. The smallest absolute Gasteiger partial charge is 0.241 e. The van der Waals surface area contributed by atoms with E-state index in [1.807, 2.05) is 12.3 Å². The van der Waals surface area contributed by atoms with Gasteiger partial charge < -0.3 is 4.43 Å². The highest BCUT2D eigenvalue weighted by molar-refractivity contribution is 6.69. The van der Waals surface area contributed by atoms with Crippen molar-refractivity contribution in [2.75, 3.05) is 0 Å². The molecule has 1 aromatic rings. The summed E-state index contributed by atoms with van der Waals surface area (Å²) in [6.45, 7) is 8.61. The SMILES string of the molecule is Cc1ccc(C=CO[Si](C)(C)C)cc1. The van der Waals surface area contributed by atoms with E-state index in [4.69, 9.17) is 4.43 Å². The molecule has 0 aliphatic rings. The maximum Gasteiger partial charge on any atom is 0.241 e. The lowest BCUT2D eigenvalue weighted by Gasteiger charge is -2.14. The second kappa shape index (κ2) is 4.47. The van der Waals surface area contributed by atoms with Crippen molar-refractivity contribution in [2.45, 2.75) is 26.6 Å². The summed E-state index contributed by atoms with van der Waals surface area (Å²) < 4.78 is 5.62. The topological polar surface area (TPSA) is 9.23 Å². The van der Waals surface area contributed by atoms with E-state index in [1.165, 1.54) is 11.1 Å². The van der Waals surface area contributed by atoms with E-state index in [0.29, 0.717) is 0 Å². The van der Waals surface area contributed by atoms with Gasteiger partial charge in [-0.25, -0.2) is 0 Å². The molecule has 0 heterocycles. The molecule has 0 saturated heterocycles. The van der Waals surface area contributed by atoms with E-state index in [1.54, 1.807) is 0 Å². The van der Waals surface area contributed by atoms with Gasteiger partial charge in [-0.2, -0.15) is 0 Å². The quantitative estimate of drug-likeness (QED) is 0.539. The Balaban J connectivity index is 2.57. The molecule has 0 N–H and O–H groups in total. The summed E-state index contributed by atoms with van der Waals surface area (Å²) in [5.41, 5.74) is 2.47. The molecule has 14 heavy (non-hydrogen) atoms. The molecule has 0 aliphatic heterocycles. The fourth-order valence-corrected chi connectivity index (χ4v) is 1.47. The molecular weight excluding hydrogens is 188 g/mol. The van der Waals surface area contributed by atoms with Gasteiger partial charge in [0.25, 0.3) is 0 Å². The first-order valence-electron chi connectivity index (χ1n) is 4.88. The Morgan fingerprint density at radius 3 is 2.14 bits per heavy atom. The molecule has 0 aliphatic carbocycles. The number of rotatable bonds is 3. The third-order valence-electron chi connectivity index (χ3n) is 1.76. The average Bonchev–Trinajstić information content (AvgIpc) is 2.06. The van der Waals surface area contributed by atoms with Crippen molar-refractivity contribution in [3.63, 3.8) is 0 Å².